The third kappa shape index (κ3) is 2.49. The van der Waals surface area contributed by atoms with E-state index >= 15 is 0 Å². The van der Waals surface area contributed by atoms with E-state index in [4.69, 9.17) is 11.6 Å². The Bertz CT molecular complexity index is 1070. The summed E-state index contributed by atoms with van der Waals surface area (Å²) in [5.74, 6) is -0.727. The van der Waals surface area contributed by atoms with Gasteiger partial charge in [-0.2, -0.15) is 0 Å². The molecule has 0 bridgehead atoms. The van der Waals surface area contributed by atoms with Gasteiger partial charge < -0.3 is 10.3 Å². The lowest BCUT2D eigenvalue weighted by atomic mass is 10.1. The van der Waals surface area contributed by atoms with Crippen molar-refractivity contribution in [2.24, 2.45) is 0 Å². The van der Waals surface area contributed by atoms with Crippen LogP contribution in [0.1, 0.15) is 10.4 Å². The SMILES string of the molecule is O=C(Nc1cc(Cl)cc2c1[nH]c1cnccc12)c1ccc(F)cc1. The van der Waals surface area contributed by atoms with Gasteiger partial charge in [-0.1, -0.05) is 11.6 Å². The van der Waals surface area contributed by atoms with E-state index in [1.807, 2.05) is 12.1 Å². The smallest absolute Gasteiger partial charge is 0.255 e. The summed E-state index contributed by atoms with van der Waals surface area (Å²) in [6.45, 7) is 0. The molecule has 0 radical (unpaired) electrons. The molecule has 0 aliphatic rings. The molecule has 1 amide bonds. The summed E-state index contributed by atoms with van der Waals surface area (Å²) in [4.78, 5) is 19.7. The van der Waals surface area contributed by atoms with Gasteiger partial charge in [-0.25, -0.2) is 4.39 Å². The first-order chi connectivity index (χ1) is 11.6. The molecule has 2 N–H and O–H groups in total. The van der Waals surface area contributed by atoms with Crippen LogP contribution in [-0.4, -0.2) is 15.9 Å². The highest BCUT2D eigenvalue weighted by molar-refractivity contribution is 6.33. The number of rotatable bonds is 2. The third-order valence-electron chi connectivity index (χ3n) is 3.83. The topological polar surface area (TPSA) is 57.8 Å². The Morgan fingerprint density at radius 3 is 2.71 bits per heavy atom. The van der Waals surface area contributed by atoms with Gasteiger partial charge in [-0.05, 0) is 42.5 Å². The van der Waals surface area contributed by atoms with Crippen molar-refractivity contribution in [3.63, 3.8) is 0 Å². The normalized spacial score (nSPS) is 11.1. The maximum atomic E-state index is 13.0. The highest BCUT2D eigenvalue weighted by Gasteiger charge is 2.13. The minimum Gasteiger partial charge on any atom is -0.352 e. The summed E-state index contributed by atoms with van der Waals surface area (Å²) in [7, 11) is 0. The molecule has 0 aliphatic carbocycles. The van der Waals surface area contributed by atoms with E-state index < -0.39 is 0 Å². The number of halogens is 2. The van der Waals surface area contributed by atoms with Crippen LogP contribution in [0, 0.1) is 5.82 Å². The van der Waals surface area contributed by atoms with Crippen LogP contribution in [0.3, 0.4) is 0 Å². The number of aromatic nitrogens is 2. The predicted molar refractivity (Wildman–Crippen MR) is 93.0 cm³/mol. The molecule has 2 heterocycles. The molecule has 0 aliphatic heterocycles. The second kappa shape index (κ2) is 5.62. The van der Waals surface area contributed by atoms with Gasteiger partial charge in [0.25, 0.3) is 5.91 Å². The molecular formula is C18H11ClFN3O. The molecule has 0 atom stereocenters. The predicted octanol–water partition coefficient (Wildman–Crippen LogP) is 4.76. The number of aromatic amines is 1. The van der Waals surface area contributed by atoms with Gasteiger partial charge in [0.05, 0.1) is 22.9 Å². The molecule has 0 saturated carbocycles. The fourth-order valence-corrected chi connectivity index (χ4v) is 2.93. The van der Waals surface area contributed by atoms with Gasteiger partial charge in [0, 0.05) is 27.6 Å². The highest BCUT2D eigenvalue weighted by atomic mass is 35.5. The Morgan fingerprint density at radius 1 is 1.12 bits per heavy atom. The summed E-state index contributed by atoms with van der Waals surface area (Å²) in [5.41, 5.74) is 2.54. The summed E-state index contributed by atoms with van der Waals surface area (Å²) in [6, 6.07) is 10.8. The van der Waals surface area contributed by atoms with Crippen LogP contribution < -0.4 is 5.32 Å². The fourth-order valence-electron chi connectivity index (χ4n) is 2.71. The van der Waals surface area contributed by atoms with E-state index in [0.29, 0.717) is 16.3 Å². The number of nitrogens with zero attached hydrogens (tertiary/aromatic N) is 1. The van der Waals surface area contributed by atoms with E-state index in [1.165, 1.54) is 24.3 Å². The van der Waals surface area contributed by atoms with Crippen molar-refractivity contribution in [2.75, 3.05) is 5.32 Å². The average molecular weight is 340 g/mol. The minimum atomic E-state index is -0.389. The second-order valence-corrected chi connectivity index (χ2v) is 5.82. The number of carbonyl (C=O) groups is 1. The number of hydrogen-bond acceptors (Lipinski definition) is 2. The lowest BCUT2D eigenvalue weighted by molar-refractivity contribution is 0.102. The number of fused-ring (bicyclic) bond motifs is 3. The maximum Gasteiger partial charge on any atom is 0.255 e. The number of H-pyrrole nitrogens is 1. The highest BCUT2D eigenvalue weighted by Crippen LogP contribution is 2.33. The Labute approximate surface area is 141 Å². The van der Waals surface area contributed by atoms with Crippen molar-refractivity contribution in [3.05, 3.63) is 71.3 Å². The summed E-state index contributed by atoms with van der Waals surface area (Å²) in [5, 5.41) is 5.20. The first kappa shape index (κ1) is 14.7. The molecule has 0 fully saturated rings. The zero-order valence-electron chi connectivity index (χ0n) is 12.3. The molecule has 4 nitrogen and oxygen atoms in total. The van der Waals surface area contributed by atoms with Gasteiger partial charge in [0.15, 0.2) is 0 Å². The third-order valence-corrected chi connectivity index (χ3v) is 4.05. The Hall–Kier alpha value is -2.92. The number of anilines is 1. The molecule has 0 spiro atoms. The molecule has 0 saturated heterocycles. The van der Waals surface area contributed by atoms with Crippen LogP contribution in [0.5, 0.6) is 0 Å². The van der Waals surface area contributed by atoms with E-state index in [-0.39, 0.29) is 11.7 Å². The monoisotopic (exact) mass is 339 g/mol. The van der Waals surface area contributed by atoms with Crippen LogP contribution in [0.25, 0.3) is 21.8 Å². The molecule has 6 heteroatoms. The van der Waals surface area contributed by atoms with E-state index in [9.17, 15) is 9.18 Å². The second-order valence-electron chi connectivity index (χ2n) is 5.38. The fraction of sp³-hybridized carbons (Fsp3) is 0. The van der Waals surface area contributed by atoms with Crippen LogP contribution in [-0.2, 0) is 0 Å². The standard InChI is InChI=1S/C18H11ClFN3O/c19-11-7-14-13-5-6-21-9-16(13)22-17(14)15(8-11)23-18(24)10-1-3-12(20)4-2-10/h1-9,22H,(H,23,24). The molecule has 118 valence electrons. The van der Waals surface area contributed by atoms with Crippen molar-refractivity contribution in [3.8, 4) is 0 Å². The van der Waals surface area contributed by atoms with Crippen LogP contribution >= 0.6 is 11.6 Å². The first-order valence-electron chi connectivity index (χ1n) is 7.24. The van der Waals surface area contributed by atoms with Gasteiger partial charge >= 0.3 is 0 Å². The molecule has 4 rings (SSSR count). The van der Waals surface area contributed by atoms with E-state index in [2.05, 4.69) is 15.3 Å². The number of carbonyl (C=O) groups excluding carboxylic acids is 1. The van der Waals surface area contributed by atoms with Crippen molar-refractivity contribution < 1.29 is 9.18 Å². The number of hydrogen-bond donors (Lipinski definition) is 2. The van der Waals surface area contributed by atoms with Gasteiger partial charge in [0.2, 0.25) is 0 Å². The number of pyridine rings is 1. The average Bonchev–Trinajstić information content (AvgIpc) is 2.94. The van der Waals surface area contributed by atoms with Crippen LogP contribution in [0.4, 0.5) is 10.1 Å². The molecule has 2 aromatic carbocycles. The molecule has 24 heavy (non-hydrogen) atoms. The van der Waals surface area contributed by atoms with Crippen molar-refractivity contribution in [1.82, 2.24) is 9.97 Å². The summed E-state index contributed by atoms with van der Waals surface area (Å²) < 4.78 is 13.0. The largest absolute Gasteiger partial charge is 0.352 e. The summed E-state index contributed by atoms with van der Waals surface area (Å²) >= 11 is 6.20. The molecule has 4 aromatic rings. The van der Waals surface area contributed by atoms with Crippen molar-refractivity contribution >= 4 is 45.0 Å². The lowest BCUT2D eigenvalue weighted by Gasteiger charge is -2.07. The zero-order chi connectivity index (χ0) is 16.7. The number of benzene rings is 2. The molecule has 0 unspecified atom stereocenters. The Balaban J connectivity index is 1.81. The number of amides is 1. The maximum absolute atomic E-state index is 13.0. The quantitative estimate of drug-likeness (QED) is 0.553. The molecular weight excluding hydrogens is 329 g/mol. The van der Waals surface area contributed by atoms with E-state index in [0.717, 1.165) is 21.8 Å². The van der Waals surface area contributed by atoms with Crippen molar-refractivity contribution in [2.45, 2.75) is 0 Å². The Kier molecular flexibility index (Phi) is 3.43. The lowest BCUT2D eigenvalue weighted by Crippen LogP contribution is -2.12. The van der Waals surface area contributed by atoms with Crippen molar-refractivity contribution in [1.29, 1.82) is 0 Å². The van der Waals surface area contributed by atoms with Gasteiger partial charge in [0.1, 0.15) is 5.82 Å². The minimum absolute atomic E-state index is 0.338. The summed E-state index contributed by atoms with van der Waals surface area (Å²) in [6.07, 6.45) is 3.42. The first-order valence-corrected chi connectivity index (χ1v) is 7.61. The van der Waals surface area contributed by atoms with Gasteiger partial charge in [-0.15, -0.1) is 0 Å². The zero-order valence-corrected chi connectivity index (χ0v) is 13.1. The van der Waals surface area contributed by atoms with Crippen LogP contribution in [0.2, 0.25) is 5.02 Å². The van der Waals surface area contributed by atoms with Crippen LogP contribution in [0.15, 0.2) is 54.9 Å². The number of nitrogens with one attached hydrogen (secondary N) is 2. The van der Waals surface area contributed by atoms with E-state index in [1.54, 1.807) is 18.5 Å². The Morgan fingerprint density at radius 2 is 1.92 bits per heavy atom. The molecule has 2 aromatic heterocycles. The van der Waals surface area contributed by atoms with Gasteiger partial charge in [-0.3, -0.25) is 9.78 Å².